The van der Waals surface area contributed by atoms with Gasteiger partial charge < -0.3 is 5.11 Å². The first-order valence-corrected chi connectivity index (χ1v) is 6.12. The van der Waals surface area contributed by atoms with Crippen molar-refractivity contribution in [1.29, 1.82) is 0 Å². The van der Waals surface area contributed by atoms with E-state index in [2.05, 4.69) is 5.10 Å². The topological polar surface area (TPSA) is 98.3 Å². The molecule has 1 aromatic carbocycles. The number of aromatic nitrogens is 2. The van der Waals surface area contributed by atoms with Gasteiger partial charge in [-0.25, -0.2) is 4.79 Å². The van der Waals surface area contributed by atoms with Crippen LogP contribution in [-0.4, -0.2) is 25.8 Å². The third kappa shape index (κ3) is 2.13. The monoisotopic (exact) mass is 273 g/mol. The Labute approximate surface area is 113 Å². The molecule has 20 heavy (non-hydrogen) atoms. The average molecular weight is 273 g/mol. The summed E-state index contributed by atoms with van der Waals surface area (Å²) >= 11 is 0. The zero-order chi connectivity index (χ0) is 14.3. The molecule has 0 bridgehead atoms. The Morgan fingerprint density at radius 1 is 1.45 bits per heavy atom. The number of carbonyl (C=O) groups is 1. The van der Waals surface area contributed by atoms with Gasteiger partial charge in [-0.3, -0.25) is 14.8 Å². The Hall–Kier alpha value is -2.70. The molecule has 1 N–H and O–H groups in total. The van der Waals surface area contributed by atoms with Crippen LogP contribution in [0.15, 0.2) is 30.6 Å². The van der Waals surface area contributed by atoms with Crippen LogP contribution < -0.4 is 0 Å². The lowest BCUT2D eigenvalue weighted by molar-refractivity contribution is -0.384. The smallest absolute Gasteiger partial charge is 0.336 e. The van der Waals surface area contributed by atoms with Gasteiger partial charge in [0, 0.05) is 23.9 Å². The van der Waals surface area contributed by atoms with Gasteiger partial charge in [0.2, 0.25) is 0 Å². The first-order valence-electron chi connectivity index (χ1n) is 6.12. The van der Waals surface area contributed by atoms with Crippen LogP contribution in [-0.2, 0) is 0 Å². The molecule has 1 aromatic heterocycles. The summed E-state index contributed by atoms with van der Waals surface area (Å²) in [5.41, 5.74) is 0.773. The Morgan fingerprint density at radius 3 is 2.80 bits per heavy atom. The second-order valence-corrected chi connectivity index (χ2v) is 4.73. The third-order valence-corrected chi connectivity index (χ3v) is 3.28. The number of carboxylic acids is 1. The van der Waals surface area contributed by atoms with Crippen LogP contribution >= 0.6 is 0 Å². The number of nitrogens with zero attached hydrogens (tertiary/aromatic N) is 3. The van der Waals surface area contributed by atoms with Gasteiger partial charge in [0.25, 0.3) is 5.69 Å². The number of nitro groups is 1. The molecule has 0 amide bonds. The summed E-state index contributed by atoms with van der Waals surface area (Å²) in [6.07, 6.45) is 5.53. The number of carboxylic acid groups (broad SMARTS) is 1. The molecule has 0 atom stereocenters. The summed E-state index contributed by atoms with van der Waals surface area (Å²) in [4.78, 5) is 21.4. The zero-order valence-electron chi connectivity index (χ0n) is 10.4. The predicted molar refractivity (Wildman–Crippen MR) is 69.5 cm³/mol. The maximum absolute atomic E-state index is 11.3. The van der Waals surface area contributed by atoms with Crippen molar-refractivity contribution < 1.29 is 14.8 Å². The van der Waals surface area contributed by atoms with E-state index >= 15 is 0 Å². The van der Waals surface area contributed by atoms with Crippen LogP contribution in [0.25, 0.3) is 11.1 Å². The maximum atomic E-state index is 11.3. The van der Waals surface area contributed by atoms with E-state index < -0.39 is 10.9 Å². The van der Waals surface area contributed by atoms with E-state index in [-0.39, 0.29) is 11.3 Å². The molecule has 1 fully saturated rings. The fourth-order valence-corrected chi connectivity index (χ4v) is 2.09. The van der Waals surface area contributed by atoms with Crippen LogP contribution in [0.2, 0.25) is 0 Å². The van der Waals surface area contributed by atoms with E-state index in [1.807, 2.05) is 4.68 Å². The van der Waals surface area contributed by atoms with Crippen molar-refractivity contribution >= 4 is 11.7 Å². The van der Waals surface area contributed by atoms with Gasteiger partial charge in [-0.05, 0) is 24.5 Å². The number of benzene rings is 1. The molecule has 1 aliphatic rings. The number of aromatic carboxylic acids is 1. The highest BCUT2D eigenvalue weighted by Crippen LogP contribution is 2.36. The molecule has 102 valence electrons. The Morgan fingerprint density at radius 2 is 2.20 bits per heavy atom. The summed E-state index contributed by atoms with van der Waals surface area (Å²) < 4.78 is 1.81. The zero-order valence-corrected chi connectivity index (χ0v) is 10.4. The molecule has 0 radical (unpaired) electrons. The van der Waals surface area contributed by atoms with Gasteiger partial charge in [0.15, 0.2) is 0 Å². The summed E-state index contributed by atoms with van der Waals surface area (Å²) in [5, 5.41) is 24.1. The highest BCUT2D eigenvalue weighted by atomic mass is 16.6. The summed E-state index contributed by atoms with van der Waals surface area (Å²) in [7, 11) is 0. The normalized spacial score (nSPS) is 14.2. The largest absolute Gasteiger partial charge is 0.478 e. The van der Waals surface area contributed by atoms with Crippen molar-refractivity contribution in [3.63, 3.8) is 0 Å². The number of nitro benzene ring substituents is 1. The first-order chi connectivity index (χ1) is 9.56. The van der Waals surface area contributed by atoms with Crippen LogP contribution in [0.4, 0.5) is 5.69 Å². The van der Waals surface area contributed by atoms with E-state index in [1.54, 1.807) is 12.4 Å². The van der Waals surface area contributed by atoms with E-state index in [9.17, 15) is 20.0 Å². The van der Waals surface area contributed by atoms with Gasteiger partial charge in [-0.2, -0.15) is 5.10 Å². The predicted octanol–water partition coefficient (Wildman–Crippen LogP) is 2.49. The van der Waals surface area contributed by atoms with Crippen molar-refractivity contribution in [3.05, 3.63) is 46.3 Å². The first kappa shape index (κ1) is 12.3. The molecule has 0 unspecified atom stereocenters. The molecule has 0 aliphatic heterocycles. The summed E-state index contributed by atoms with van der Waals surface area (Å²) in [6.45, 7) is 0. The van der Waals surface area contributed by atoms with Crippen molar-refractivity contribution in [2.45, 2.75) is 18.9 Å². The molecule has 3 rings (SSSR count). The molecule has 1 heterocycles. The van der Waals surface area contributed by atoms with Crippen molar-refractivity contribution in [1.82, 2.24) is 9.78 Å². The van der Waals surface area contributed by atoms with E-state index in [1.165, 1.54) is 12.1 Å². The number of hydrogen-bond acceptors (Lipinski definition) is 4. The number of non-ortho nitro benzene ring substituents is 1. The van der Waals surface area contributed by atoms with Crippen LogP contribution in [0.1, 0.15) is 29.2 Å². The fraction of sp³-hybridized carbons (Fsp3) is 0.231. The van der Waals surface area contributed by atoms with Gasteiger partial charge in [0.1, 0.15) is 0 Å². The number of hydrogen-bond donors (Lipinski definition) is 1. The van der Waals surface area contributed by atoms with Gasteiger partial charge in [-0.15, -0.1) is 0 Å². The van der Waals surface area contributed by atoms with E-state index in [4.69, 9.17) is 0 Å². The fourth-order valence-electron chi connectivity index (χ4n) is 2.09. The van der Waals surface area contributed by atoms with Crippen LogP contribution in [0.5, 0.6) is 0 Å². The lowest BCUT2D eigenvalue weighted by atomic mass is 10.0. The Balaban J connectivity index is 2.06. The van der Waals surface area contributed by atoms with Crippen LogP contribution in [0.3, 0.4) is 0 Å². The Bertz CT molecular complexity index is 703. The van der Waals surface area contributed by atoms with Gasteiger partial charge in [-0.1, -0.05) is 0 Å². The molecule has 7 nitrogen and oxygen atoms in total. The van der Waals surface area contributed by atoms with Crippen molar-refractivity contribution in [2.24, 2.45) is 0 Å². The standard InChI is InChI=1S/C13H11N3O4/c17-13(18)12-5-10(16(19)20)3-4-11(12)8-6-14-15(7-8)9-1-2-9/h3-7,9H,1-2H2,(H,17,18). The van der Waals surface area contributed by atoms with Crippen molar-refractivity contribution in [2.75, 3.05) is 0 Å². The highest BCUT2D eigenvalue weighted by molar-refractivity contribution is 5.96. The second kappa shape index (κ2) is 4.44. The molecule has 7 heteroatoms. The average Bonchev–Trinajstić information content (AvgIpc) is 3.16. The Kier molecular flexibility index (Phi) is 2.74. The number of rotatable bonds is 4. The molecular formula is C13H11N3O4. The van der Waals surface area contributed by atoms with Gasteiger partial charge >= 0.3 is 5.97 Å². The maximum Gasteiger partial charge on any atom is 0.336 e. The molecule has 0 spiro atoms. The van der Waals surface area contributed by atoms with Crippen LogP contribution in [0, 0.1) is 10.1 Å². The summed E-state index contributed by atoms with van der Waals surface area (Å²) in [6, 6.07) is 4.23. The lowest BCUT2D eigenvalue weighted by Crippen LogP contribution is -2.01. The van der Waals surface area contributed by atoms with Gasteiger partial charge in [0.05, 0.1) is 22.7 Å². The summed E-state index contributed by atoms with van der Waals surface area (Å²) in [5.74, 6) is -1.19. The third-order valence-electron chi connectivity index (χ3n) is 3.28. The molecular weight excluding hydrogens is 262 g/mol. The quantitative estimate of drug-likeness (QED) is 0.681. The minimum Gasteiger partial charge on any atom is -0.478 e. The molecule has 2 aromatic rings. The van der Waals surface area contributed by atoms with Crippen molar-refractivity contribution in [3.8, 4) is 11.1 Å². The SMILES string of the molecule is O=C(O)c1cc([N+](=O)[O-])ccc1-c1cnn(C2CC2)c1. The highest BCUT2D eigenvalue weighted by Gasteiger charge is 2.25. The minimum atomic E-state index is -1.19. The lowest BCUT2D eigenvalue weighted by Gasteiger charge is -2.03. The minimum absolute atomic E-state index is 0.0884. The molecule has 0 saturated heterocycles. The molecule has 1 saturated carbocycles. The van der Waals surface area contributed by atoms with E-state index in [0.717, 1.165) is 18.9 Å². The second-order valence-electron chi connectivity index (χ2n) is 4.73. The molecule has 1 aliphatic carbocycles. The van der Waals surface area contributed by atoms with E-state index in [0.29, 0.717) is 17.2 Å².